The van der Waals surface area contributed by atoms with E-state index in [4.69, 9.17) is 17.3 Å². The predicted octanol–water partition coefficient (Wildman–Crippen LogP) is 3.94. The maximum Gasteiger partial charge on any atom is 0.233 e. The van der Waals surface area contributed by atoms with E-state index < -0.39 is 5.92 Å². The van der Waals surface area contributed by atoms with Crippen molar-refractivity contribution < 1.29 is 4.79 Å². The summed E-state index contributed by atoms with van der Waals surface area (Å²) in [6, 6.07) is 11.5. The van der Waals surface area contributed by atoms with Crippen molar-refractivity contribution in [1.29, 1.82) is 0 Å². The number of hydrogen-bond donors (Lipinski definition) is 2. The van der Waals surface area contributed by atoms with Crippen LogP contribution < -0.4 is 11.1 Å². The lowest BCUT2D eigenvalue weighted by atomic mass is 9.97. The predicted molar refractivity (Wildman–Crippen MR) is 96.2 cm³/mol. The third kappa shape index (κ3) is 3.37. The lowest BCUT2D eigenvalue weighted by molar-refractivity contribution is -0.117. The Morgan fingerprint density at radius 2 is 2.09 bits per heavy atom. The minimum atomic E-state index is -0.413. The summed E-state index contributed by atoms with van der Waals surface area (Å²) in [4.78, 5) is 12.6. The van der Waals surface area contributed by atoms with Crippen molar-refractivity contribution in [2.75, 3.05) is 11.9 Å². The standard InChI is InChI=1S/C17H16ClN3OS/c1-10-2-4-11(5-3-10)13(8-19)17(22)21-15-7-16-12(6-14(15)18)9-20-23-16/h2-7,9,13H,8,19H2,1H3,(H,21,22). The summed E-state index contributed by atoms with van der Waals surface area (Å²) in [5.41, 5.74) is 8.43. The van der Waals surface area contributed by atoms with Gasteiger partial charge < -0.3 is 11.1 Å². The van der Waals surface area contributed by atoms with Crippen molar-refractivity contribution in [1.82, 2.24) is 4.37 Å². The van der Waals surface area contributed by atoms with Gasteiger partial charge in [-0.15, -0.1) is 0 Å². The van der Waals surface area contributed by atoms with Crippen molar-refractivity contribution in [2.24, 2.45) is 5.73 Å². The molecule has 23 heavy (non-hydrogen) atoms. The summed E-state index contributed by atoms with van der Waals surface area (Å²) >= 11 is 7.61. The zero-order valence-corrected chi connectivity index (χ0v) is 14.1. The largest absolute Gasteiger partial charge is 0.329 e. The second-order valence-electron chi connectivity index (χ2n) is 5.38. The number of benzene rings is 2. The molecule has 0 aliphatic heterocycles. The summed E-state index contributed by atoms with van der Waals surface area (Å²) in [5, 5.41) is 4.34. The Labute approximate surface area is 143 Å². The first-order valence-electron chi connectivity index (χ1n) is 7.20. The highest BCUT2D eigenvalue weighted by Crippen LogP contribution is 2.31. The van der Waals surface area contributed by atoms with Crippen LogP contribution >= 0.6 is 23.1 Å². The summed E-state index contributed by atoms with van der Waals surface area (Å²) in [5.74, 6) is -0.578. The number of fused-ring (bicyclic) bond motifs is 1. The Balaban J connectivity index is 1.85. The van der Waals surface area contributed by atoms with E-state index in [1.807, 2.05) is 37.3 Å². The minimum absolute atomic E-state index is 0.165. The number of nitrogens with one attached hydrogen (secondary N) is 1. The topological polar surface area (TPSA) is 68.0 Å². The molecule has 3 rings (SSSR count). The van der Waals surface area contributed by atoms with Crippen LogP contribution in [0.2, 0.25) is 5.02 Å². The van der Waals surface area contributed by atoms with Crippen LogP contribution in [0.4, 0.5) is 5.69 Å². The van der Waals surface area contributed by atoms with Gasteiger partial charge in [0, 0.05) is 18.1 Å². The number of halogens is 1. The van der Waals surface area contributed by atoms with Gasteiger partial charge in [0.1, 0.15) is 0 Å². The summed E-state index contributed by atoms with van der Waals surface area (Å²) in [7, 11) is 0. The zero-order chi connectivity index (χ0) is 16.4. The van der Waals surface area contributed by atoms with E-state index in [1.54, 1.807) is 12.3 Å². The van der Waals surface area contributed by atoms with Crippen LogP contribution in [0.3, 0.4) is 0 Å². The molecule has 1 aromatic heterocycles. The monoisotopic (exact) mass is 345 g/mol. The molecule has 0 fully saturated rings. The Bertz CT molecular complexity index is 845. The van der Waals surface area contributed by atoms with Crippen LogP contribution in [0.1, 0.15) is 17.0 Å². The third-order valence-electron chi connectivity index (χ3n) is 3.73. The van der Waals surface area contributed by atoms with Gasteiger partial charge in [0.2, 0.25) is 5.91 Å². The van der Waals surface area contributed by atoms with Crippen LogP contribution in [0.15, 0.2) is 42.6 Å². The normalized spacial score (nSPS) is 12.3. The summed E-state index contributed by atoms with van der Waals surface area (Å²) in [6.45, 7) is 2.24. The zero-order valence-electron chi connectivity index (χ0n) is 12.5. The maximum absolute atomic E-state index is 12.6. The fourth-order valence-electron chi connectivity index (χ4n) is 2.40. The first-order chi connectivity index (χ1) is 11.1. The van der Waals surface area contributed by atoms with Crippen molar-refractivity contribution >= 4 is 44.8 Å². The number of nitrogens with two attached hydrogens (primary N) is 1. The van der Waals surface area contributed by atoms with Crippen molar-refractivity contribution in [3.8, 4) is 0 Å². The molecule has 6 heteroatoms. The molecule has 0 spiro atoms. The smallest absolute Gasteiger partial charge is 0.233 e. The summed E-state index contributed by atoms with van der Waals surface area (Å²) < 4.78 is 5.10. The van der Waals surface area contributed by atoms with Gasteiger partial charge in [-0.2, -0.15) is 4.37 Å². The van der Waals surface area contributed by atoms with Crippen molar-refractivity contribution in [3.63, 3.8) is 0 Å². The molecule has 0 saturated carbocycles. The molecule has 1 amide bonds. The quantitative estimate of drug-likeness (QED) is 0.752. The van der Waals surface area contributed by atoms with Crippen molar-refractivity contribution in [3.05, 3.63) is 58.7 Å². The Hall–Kier alpha value is -1.95. The molecule has 0 aliphatic rings. The fourth-order valence-corrected chi connectivity index (χ4v) is 3.28. The van der Waals surface area contributed by atoms with Crippen LogP contribution in [0, 0.1) is 6.92 Å². The molecule has 4 nitrogen and oxygen atoms in total. The molecule has 3 aromatic rings. The molecule has 1 heterocycles. The first kappa shape index (κ1) is 15.9. The van der Waals surface area contributed by atoms with Gasteiger partial charge in [-0.25, -0.2) is 0 Å². The average Bonchev–Trinajstić information content (AvgIpc) is 2.97. The number of hydrogen-bond acceptors (Lipinski definition) is 4. The van der Waals surface area contributed by atoms with Gasteiger partial charge in [-0.05, 0) is 36.2 Å². The number of aryl methyl sites for hydroxylation is 1. The third-order valence-corrected chi connectivity index (χ3v) is 4.81. The van der Waals surface area contributed by atoms with E-state index in [2.05, 4.69) is 9.69 Å². The molecule has 0 saturated heterocycles. The Kier molecular flexibility index (Phi) is 4.61. The van der Waals surface area contributed by atoms with Gasteiger partial charge in [0.25, 0.3) is 0 Å². The lowest BCUT2D eigenvalue weighted by Crippen LogP contribution is -2.27. The maximum atomic E-state index is 12.6. The highest BCUT2D eigenvalue weighted by molar-refractivity contribution is 7.13. The highest BCUT2D eigenvalue weighted by atomic mass is 35.5. The van der Waals surface area contributed by atoms with E-state index >= 15 is 0 Å². The summed E-state index contributed by atoms with van der Waals surface area (Å²) in [6.07, 6.45) is 1.76. The molecular weight excluding hydrogens is 330 g/mol. The van der Waals surface area contributed by atoms with E-state index in [-0.39, 0.29) is 12.5 Å². The number of nitrogens with zero attached hydrogens (tertiary/aromatic N) is 1. The Morgan fingerprint density at radius 1 is 1.35 bits per heavy atom. The number of carbonyl (C=O) groups excluding carboxylic acids is 1. The van der Waals surface area contributed by atoms with E-state index in [0.29, 0.717) is 10.7 Å². The number of carbonyl (C=O) groups is 1. The van der Waals surface area contributed by atoms with Gasteiger partial charge in [0.05, 0.1) is 21.3 Å². The molecular formula is C17H16ClN3OS. The Morgan fingerprint density at radius 3 is 2.78 bits per heavy atom. The molecule has 1 unspecified atom stereocenters. The van der Waals surface area contributed by atoms with Gasteiger partial charge >= 0.3 is 0 Å². The number of anilines is 1. The van der Waals surface area contributed by atoms with Crippen LogP contribution in [0.5, 0.6) is 0 Å². The number of amides is 1. The SMILES string of the molecule is Cc1ccc(C(CN)C(=O)Nc2cc3sncc3cc2Cl)cc1. The molecule has 0 aliphatic carbocycles. The second-order valence-corrected chi connectivity index (χ2v) is 6.62. The molecule has 0 bridgehead atoms. The molecule has 3 N–H and O–H groups in total. The number of aromatic nitrogens is 1. The molecule has 1 atom stereocenters. The van der Waals surface area contributed by atoms with Crippen LogP contribution in [0.25, 0.3) is 10.1 Å². The molecule has 2 aromatic carbocycles. The van der Waals surface area contributed by atoms with E-state index in [0.717, 1.165) is 21.2 Å². The van der Waals surface area contributed by atoms with Crippen LogP contribution in [-0.4, -0.2) is 16.8 Å². The van der Waals surface area contributed by atoms with Gasteiger partial charge in [0.15, 0.2) is 0 Å². The van der Waals surface area contributed by atoms with E-state index in [9.17, 15) is 4.79 Å². The van der Waals surface area contributed by atoms with E-state index in [1.165, 1.54) is 11.5 Å². The molecule has 118 valence electrons. The van der Waals surface area contributed by atoms with Crippen molar-refractivity contribution in [2.45, 2.75) is 12.8 Å². The molecule has 0 radical (unpaired) electrons. The average molecular weight is 346 g/mol. The highest BCUT2D eigenvalue weighted by Gasteiger charge is 2.20. The first-order valence-corrected chi connectivity index (χ1v) is 8.35. The fraction of sp³-hybridized carbons (Fsp3) is 0.176. The number of rotatable bonds is 4. The second kappa shape index (κ2) is 6.66. The minimum Gasteiger partial charge on any atom is -0.329 e. The van der Waals surface area contributed by atoms with Gasteiger partial charge in [-0.1, -0.05) is 41.4 Å². The lowest BCUT2D eigenvalue weighted by Gasteiger charge is -2.16. The van der Waals surface area contributed by atoms with Gasteiger partial charge in [-0.3, -0.25) is 4.79 Å². The van der Waals surface area contributed by atoms with Crippen LogP contribution in [-0.2, 0) is 4.79 Å².